The van der Waals surface area contributed by atoms with Crippen LogP contribution in [0.15, 0.2) is 0 Å². The maximum absolute atomic E-state index is 12.3. The third-order valence-electron chi connectivity index (χ3n) is 3.88. The highest BCUT2D eigenvalue weighted by molar-refractivity contribution is 5.86. The van der Waals surface area contributed by atoms with E-state index in [-0.39, 0.29) is 5.91 Å². The Hall–Kier alpha value is -0.610. The fourth-order valence-corrected chi connectivity index (χ4v) is 2.93. The van der Waals surface area contributed by atoms with Crippen molar-refractivity contribution in [3.8, 4) is 0 Å². The maximum atomic E-state index is 12.3. The minimum absolute atomic E-state index is 0.0463. The molecule has 1 aliphatic carbocycles. The van der Waals surface area contributed by atoms with E-state index in [9.17, 15) is 9.90 Å². The molecule has 3 N–H and O–H groups in total. The summed E-state index contributed by atoms with van der Waals surface area (Å²) in [5, 5.41) is 9.99. The third-order valence-corrected chi connectivity index (χ3v) is 3.88. The second-order valence-corrected chi connectivity index (χ2v) is 5.69. The molecule has 92 valence electrons. The molecule has 1 aliphatic heterocycles. The number of nitrogens with two attached hydrogens (primary N) is 1. The predicted octanol–water partition coefficient (Wildman–Crippen LogP) is 0.631. The minimum atomic E-state index is -0.733. The summed E-state index contributed by atoms with van der Waals surface area (Å²) in [6.45, 7) is 2.98. The van der Waals surface area contributed by atoms with E-state index in [2.05, 4.69) is 0 Å². The van der Waals surface area contributed by atoms with E-state index in [0.29, 0.717) is 6.54 Å². The van der Waals surface area contributed by atoms with Crippen molar-refractivity contribution in [2.75, 3.05) is 13.1 Å². The molecule has 1 atom stereocenters. The van der Waals surface area contributed by atoms with Gasteiger partial charge in [-0.15, -0.1) is 0 Å². The van der Waals surface area contributed by atoms with E-state index in [1.165, 1.54) is 0 Å². The molecule has 16 heavy (non-hydrogen) atoms. The number of carbonyl (C=O) groups excluding carboxylic acids is 1. The van der Waals surface area contributed by atoms with Crippen LogP contribution < -0.4 is 5.73 Å². The average molecular weight is 226 g/mol. The van der Waals surface area contributed by atoms with Crippen molar-refractivity contribution in [2.24, 2.45) is 5.73 Å². The first-order valence-corrected chi connectivity index (χ1v) is 6.24. The first-order chi connectivity index (χ1) is 7.43. The highest BCUT2D eigenvalue weighted by Gasteiger charge is 2.42. The molecule has 2 fully saturated rings. The molecule has 1 amide bonds. The van der Waals surface area contributed by atoms with Crippen LogP contribution in [0.5, 0.6) is 0 Å². The highest BCUT2D eigenvalue weighted by Crippen LogP contribution is 2.31. The van der Waals surface area contributed by atoms with Crippen LogP contribution in [0.1, 0.15) is 45.4 Å². The van der Waals surface area contributed by atoms with Gasteiger partial charge in [-0.05, 0) is 32.6 Å². The van der Waals surface area contributed by atoms with Gasteiger partial charge in [0.05, 0.1) is 11.1 Å². The molecule has 2 rings (SSSR count). The van der Waals surface area contributed by atoms with Crippen LogP contribution in [0.4, 0.5) is 0 Å². The van der Waals surface area contributed by atoms with Crippen molar-refractivity contribution in [3.05, 3.63) is 0 Å². The van der Waals surface area contributed by atoms with Crippen LogP contribution in [-0.4, -0.2) is 40.1 Å². The predicted molar refractivity (Wildman–Crippen MR) is 61.8 cm³/mol. The van der Waals surface area contributed by atoms with E-state index < -0.39 is 11.1 Å². The zero-order valence-electron chi connectivity index (χ0n) is 10.0. The van der Waals surface area contributed by atoms with Crippen molar-refractivity contribution in [2.45, 2.75) is 56.6 Å². The summed E-state index contributed by atoms with van der Waals surface area (Å²) in [5.41, 5.74) is 4.77. The number of amides is 1. The van der Waals surface area contributed by atoms with E-state index in [4.69, 9.17) is 5.73 Å². The Kier molecular flexibility index (Phi) is 2.97. The second-order valence-electron chi connectivity index (χ2n) is 5.69. The molecule has 2 aliphatic rings. The summed E-state index contributed by atoms with van der Waals surface area (Å²) in [4.78, 5) is 14.1. The van der Waals surface area contributed by atoms with Gasteiger partial charge in [0.2, 0.25) is 5.91 Å². The van der Waals surface area contributed by atoms with Gasteiger partial charge in [-0.25, -0.2) is 0 Å². The van der Waals surface area contributed by atoms with Gasteiger partial charge in [0.15, 0.2) is 0 Å². The second kappa shape index (κ2) is 4.00. The first-order valence-electron chi connectivity index (χ1n) is 6.24. The Morgan fingerprint density at radius 3 is 2.44 bits per heavy atom. The fourth-order valence-electron chi connectivity index (χ4n) is 2.93. The van der Waals surface area contributed by atoms with Crippen LogP contribution >= 0.6 is 0 Å². The van der Waals surface area contributed by atoms with Crippen molar-refractivity contribution in [1.82, 2.24) is 4.90 Å². The molecule has 0 aromatic heterocycles. The molecule has 1 saturated heterocycles. The molecule has 0 aromatic rings. The first kappa shape index (κ1) is 11.9. The highest BCUT2D eigenvalue weighted by atomic mass is 16.3. The Bertz CT molecular complexity index is 283. The maximum Gasteiger partial charge on any atom is 0.242 e. The standard InChI is InChI=1S/C12H22N2O2/c1-11(16)5-4-8-14(9-11)10(15)12(13)6-2-3-7-12/h16H,2-9,13H2,1H3. The Morgan fingerprint density at radius 1 is 1.25 bits per heavy atom. The third kappa shape index (κ3) is 2.23. The zero-order valence-corrected chi connectivity index (χ0v) is 10.0. The molecule has 0 spiro atoms. The van der Waals surface area contributed by atoms with Crippen LogP contribution in [0.2, 0.25) is 0 Å². The van der Waals surface area contributed by atoms with E-state index in [1.54, 1.807) is 11.8 Å². The smallest absolute Gasteiger partial charge is 0.242 e. The minimum Gasteiger partial charge on any atom is -0.388 e. The Morgan fingerprint density at radius 2 is 1.88 bits per heavy atom. The SMILES string of the molecule is CC1(O)CCCN(C(=O)C2(N)CCCC2)C1. The van der Waals surface area contributed by atoms with Gasteiger partial charge in [0.25, 0.3) is 0 Å². The number of piperidine rings is 1. The van der Waals surface area contributed by atoms with Crippen molar-refractivity contribution in [3.63, 3.8) is 0 Å². The van der Waals surface area contributed by atoms with Gasteiger partial charge < -0.3 is 15.7 Å². The van der Waals surface area contributed by atoms with Gasteiger partial charge in [-0.3, -0.25) is 4.79 Å². The summed E-state index contributed by atoms with van der Waals surface area (Å²) >= 11 is 0. The number of rotatable bonds is 1. The van der Waals surface area contributed by atoms with Gasteiger partial charge in [0.1, 0.15) is 0 Å². The summed E-state index contributed by atoms with van der Waals surface area (Å²) < 4.78 is 0. The van der Waals surface area contributed by atoms with E-state index in [1.807, 2.05) is 0 Å². The number of β-amino-alcohol motifs (C(OH)–C–C–N with tert-alkyl or cyclic N) is 1. The summed E-state index contributed by atoms with van der Waals surface area (Å²) in [5.74, 6) is 0.0463. The number of likely N-dealkylation sites (tertiary alicyclic amines) is 1. The Balaban J connectivity index is 2.04. The number of aliphatic hydroxyl groups is 1. The number of nitrogens with zero attached hydrogens (tertiary/aromatic N) is 1. The van der Waals surface area contributed by atoms with Crippen molar-refractivity contribution in [1.29, 1.82) is 0 Å². The largest absolute Gasteiger partial charge is 0.388 e. The number of hydrogen-bond acceptors (Lipinski definition) is 3. The quantitative estimate of drug-likeness (QED) is 0.689. The van der Waals surface area contributed by atoms with E-state index in [0.717, 1.165) is 45.1 Å². The average Bonchev–Trinajstić information content (AvgIpc) is 2.64. The Labute approximate surface area is 96.8 Å². The molecule has 0 radical (unpaired) electrons. The topological polar surface area (TPSA) is 66.6 Å². The zero-order chi connectivity index (χ0) is 11.8. The molecule has 1 saturated carbocycles. The van der Waals surface area contributed by atoms with E-state index >= 15 is 0 Å². The van der Waals surface area contributed by atoms with Gasteiger partial charge >= 0.3 is 0 Å². The summed E-state index contributed by atoms with van der Waals surface area (Å²) in [6, 6.07) is 0. The lowest BCUT2D eigenvalue weighted by atomic mass is 9.91. The molecule has 0 aromatic carbocycles. The van der Waals surface area contributed by atoms with Gasteiger partial charge in [-0.1, -0.05) is 12.8 Å². The molecule has 0 bridgehead atoms. The molecule has 1 unspecified atom stereocenters. The summed E-state index contributed by atoms with van der Waals surface area (Å²) in [7, 11) is 0. The van der Waals surface area contributed by atoms with Gasteiger partial charge in [0, 0.05) is 13.1 Å². The number of hydrogen-bond donors (Lipinski definition) is 2. The molecule has 4 heteroatoms. The van der Waals surface area contributed by atoms with Gasteiger partial charge in [-0.2, -0.15) is 0 Å². The van der Waals surface area contributed by atoms with Crippen LogP contribution in [0.3, 0.4) is 0 Å². The van der Waals surface area contributed by atoms with Crippen LogP contribution in [-0.2, 0) is 4.79 Å². The molecular weight excluding hydrogens is 204 g/mol. The normalized spacial score (nSPS) is 34.1. The monoisotopic (exact) mass is 226 g/mol. The lowest BCUT2D eigenvalue weighted by Crippen LogP contribution is -2.58. The molecule has 1 heterocycles. The van der Waals surface area contributed by atoms with Crippen molar-refractivity contribution >= 4 is 5.91 Å². The molecule has 4 nitrogen and oxygen atoms in total. The fraction of sp³-hybridized carbons (Fsp3) is 0.917. The van der Waals surface area contributed by atoms with Crippen LogP contribution in [0.25, 0.3) is 0 Å². The summed E-state index contributed by atoms with van der Waals surface area (Å²) in [6.07, 6.45) is 5.33. The lowest BCUT2D eigenvalue weighted by Gasteiger charge is -2.40. The van der Waals surface area contributed by atoms with Crippen molar-refractivity contribution < 1.29 is 9.90 Å². The number of carbonyl (C=O) groups is 1. The van der Waals surface area contributed by atoms with Crippen LogP contribution in [0, 0.1) is 0 Å². The molecular formula is C12H22N2O2. The lowest BCUT2D eigenvalue weighted by molar-refractivity contribution is -0.143.